The summed E-state index contributed by atoms with van der Waals surface area (Å²) < 4.78 is 28.9. The smallest absolute Gasteiger partial charge is 0.255 e. The highest BCUT2D eigenvalue weighted by atomic mass is 19.1. The zero-order valence-electron chi connectivity index (χ0n) is 15.1. The van der Waals surface area contributed by atoms with Gasteiger partial charge < -0.3 is 4.90 Å². The molecule has 1 fully saturated rings. The van der Waals surface area contributed by atoms with Crippen molar-refractivity contribution in [1.29, 1.82) is 0 Å². The summed E-state index contributed by atoms with van der Waals surface area (Å²) in [6.45, 7) is 5.42. The summed E-state index contributed by atoms with van der Waals surface area (Å²) >= 11 is 0. The van der Waals surface area contributed by atoms with Crippen LogP contribution in [0, 0.1) is 11.6 Å². The first-order chi connectivity index (χ1) is 13.0. The van der Waals surface area contributed by atoms with E-state index in [0.29, 0.717) is 37.5 Å². The van der Waals surface area contributed by atoms with Gasteiger partial charge in [-0.15, -0.1) is 0 Å². The average Bonchev–Trinajstić information content (AvgIpc) is 3.03. The third-order valence-corrected chi connectivity index (χ3v) is 4.98. The number of hydrogen-bond acceptors (Lipinski definition) is 4. The van der Waals surface area contributed by atoms with Crippen LogP contribution in [-0.2, 0) is 13.0 Å². The molecule has 0 amide bonds. The van der Waals surface area contributed by atoms with Gasteiger partial charge in [-0.2, -0.15) is 0 Å². The average molecular weight is 373 g/mol. The Morgan fingerprint density at radius 3 is 2.63 bits per heavy atom. The number of aromatic amines is 1. The second-order valence-electron chi connectivity index (χ2n) is 6.78. The Bertz CT molecular complexity index is 1020. The number of piperazine rings is 1. The number of imidazole rings is 1. The van der Waals surface area contributed by atoms with Crippen molar-refractivity contribution < 1.29 is 8.78 Å². The lowest BCUT2D eigenvalue weighted by atomic mass is 10.2. The minimum Gasteiger partial charge on any atom is -0.367 e. The summed E-state index contributed by atoms with van der Waals surface area (Å²) in [5.41, 5.74) is 1.94. The zero-order valence-corrected chi connectivity index (χ0v) is 15.1. The molecule has 3 heterocycles. The van der Waals surface area contributed by atoms with E-state index in [9.17, 15) is 13.6 Å². The predicted octanol–water partition coefficient (Wildman–Crippen LogP) is 2.19. The fourth-order valence-corrected chi connectivity index (χ4v) is 3.49. The summed E-state index contributed by atoms with van der Waals surface area (Å²) in [7, 11) is 0. The van der Waals surface area contributed by atoms with E-state index in [1.54, 1.807) is 0 Å². The third kappa shape index (κ3) is 3.57. The van der Waals surface area contributed by atoms with Gasteiger partial charge >= 0.3 is 0 Å². The number of rotatable bonds is 4. The maximum Gasteiger partial charge on any atom is 0.255 e. The molecule has 4 rings (SSSR count). The lowest BCUT2D eigenvalue weighted by molar-refractivity contribution is 0.247. The number of nitrogens with zero attached hydrogens (tertiary/aromatic N) is 4. The molecule has 3 aromatic rings. The van der Waals surface area contributed by atoms with Crippen LogP contribution in [0.4, 0.5) is 14.5 Å². The van der Waals surface area contributed by atoms with Crippen LogP contribution in [0.15, 0.2) is 35.4 Å². The lowest BCUT2D eigenvalue weighted by Crippen LogP contribution is -2.46. The van der Waals surface area contributed by atoms with Crippen molar-refractivity contribution in [2.45, 2.75) is 19.9 Å². The van der Waals surface area contributed by atoms with Crippen LogP contribution < -0.4 is 10.5 Å². The first kappa shape index (κ1) is 17.7. The van der Waals surface area contributed by atoms with Gasteiger partial charge in [0, 0.05) is 56.7 Å². The molecule has 142 valence electrons. The summed E-state index contributed by atoms with van der Waals surface area (Å²) in [6, 6.07) is 3.70. The van der Waals surface area contributed by atoms with Crippen molar-refractivity contribution in [2.24, 2.45) is 0 Å². The summed E-state index contributed by atoms with van der Waals surface area (Å²) in [6.07, 6.45) is 4.41. The van der Waals surface area contributed by atoms with Crippen molar-refractivity contribution in [3.8, 4) is 0 Å². The SMILES string of the molecule is CCc1cn2cc(CN3CCN(c4ccc(F)cc4F)CC3)nc2[nH]c1=O. The highest BCUT2D eigenvalue weighted by molar-refractivity contribution is 5.48. The number of aromatic nitrogens is 3. The van der Waals surface area contributed by atoms with Crippen LogP contribution >= 0.6 is 0 Å². The Labute approximate surface area is 155 Å². The topological polar surface area (TPSA) is 56.6 Å². The highest BCUT2D eigenvalue weighted by Crippen LogP contribution is 2.22. The fourth-order valence-electron chi connectivity index (χ4n) is 3.49. The second-order valence-corrected chi connectivity index (χ2v) is 6.78. The monoisotopic (exact) mass is 373 g/mol. The van der Waals surface area contributed by atoms with E-state index in [1.165, 1.54) is 12.1 Å². The zero-order chi connectivity index (χ0) is 19.0. The van der Waals surface area contributed by atoms with Gasteiger partial charge in [-0.3, -0.25) is 19.1 Å². The summed E-state index contributed by atoms with van der Waals surface area (Å²) in [4.78, 5) is 23.4. The van der Waals surface area contributed by atoms with Crippen LogP contribution in [-0.4, -0.2) is 45.4 Å². The van der Waals surface area contributed by atoms with E-state index < -0.39 is 11.6 Å². The van der Waals surface area contributed by atoms with Gasteiger partial charge in [-0.25, -0.2) is 13.8 Å². The molecule has 1 aliphatic heterocycles. The van der Waals surface area contributed by atoms with Gasteiger partial charge in [-0.05, 0) is 18.6 Å². The molecule has 0 unspecified atom stereocenters. The largest absolute Gasteiger partial charge is 0.367 e. The van der Waals surface area contributed by atoms with Crippen LogP contribution in [0.25, 0.3) is 5.78 Å². The maximum absolute atomic E-state index is 14.0. The predicted molar refractivity (Wildman–Crippen MR) is 99.0 cm³/mol. The normalized spacial score (nSPS) is 15.6. The molecule has 27 heavy (non-hydrogen) atoms. The van der Waals surface area contributed by atoms with E-state index >= 15 is 0 Å². The van der Waals surface area contributed by atoms with Gasteiger partial charge in [0.15, 0.2) is 0 Å². The highest BCUT2D eigenvalue weighted by Gasteiger charge is 2.20. The van der Waals surface area contributed by atoms with E-state index in [1.807, 2.05) is 28.6 Å². The van der Waals surface area contributed by atoms with Gasteiger partial charge in [0.05, 0.1) is 11.4 Å². The van der Waals surface area contributed by atoms with Gasteiger partial charge in [0.2, 0.25) is 5.78 Å². The number of H-pyrrole nitrogens is 1. The Hall–Kier alpha value is -2.74. The molecule has 1 N–H and O–H groups in total. The number of fused-ring (bicyclic) bond motifs is 1. The van der Waals surface area contributed by atoms with Crippen molar-refractivity contribution in [3.05, 3.63) is 63.8 Å². The summed E-state index contributed by atoms with van der Waals surface area (Å²) in [5.74, 6) is -0.551. The molecular formula is C19H21F2N5O. The Kier molecular flexibility index (Phi) is 4.65. The first-order valence-electron chi connectivity index (χ1n) is 9.05. The number of benzene rings is 1. The van der Waals surface area contributed by atoms with E-state index in [0.717, 1.165) is 30.4 Å². The molecule has 0 aliphatic carbocycles. The van der Waals surface area contributed by atoms with Crippen LogP contribution in [0.2, 0.25) is 0 Å². The molecule has 0 atom stereocenters. The molecule has 1 saturated heterocycles. The number of anilines is 1. The Balaban J connectivity index is 1.43. The standard InChI is InChI=1S/C19H21F2N5O/c1-2-13-10-26-12-15(22-19(26)23-18(13)27)11-24-5-7-25(8-6-24)17-4-3-14(20)9-16(17)21/h3-4,9-10,12H,2,5-8,11H2,1H3,(H,22,23,27). The Morgan fingerprint density at radius 1 is 1.15 bits per heavy atom. The molecule has 0 radical (unpaired) electrons. The van der Waals surface area contributed by atoms with E-state index in [2.05, 4.69) is 14.9 Å². The summed E-state index contributed by atoms with van der Waals surface area (Å²) in [5, 5.41) is 0. The minimum absolute atomic E-state index is 0.0999. The number of nitrogens with one attached hydrogen (secondary N) is 1. The van der Waals surface area contributed by atoms with Crippen molar-refractivity contribution >= 4 is 11.5 Å². The molecule has 2 aromatic heterocycles. The number of aryl methyl sites for hydroxylation is 1. The van der Waals surface area contributed by atoms with Gasteiger partial charge in [0.25, 0.3) is 5.56 Å². The molecule has 0 bridgehead atoms. The van der Waals surface area contributed by atoms with Crippen molar-refractivity contribution in [3.63, 3.8) is 0 Å². The van der Waals surface area contributed by atoms with Crippen molar-refractivity contribution in [1.82, 2.24) is 19.3 Å². The van der Waals surface area contributed by atoms with Gasteiger partial charge in [0.1, 0.15) is 11.6 Å². The lowest BCUT2D eigenvalue weighted by Gasteiger charge is -2.35. The molecular weight excluding hydrogens is 352 g/mol. The van der Waals surface area contributed by atoms with Crippen LogP contribution in [0.3, 0.4) is 0 Å². The molecule has 1 aliphatic rings. The minimum atomic E-state index is -0.564. The fraction of sp³-hybridized carbons (Fsp3) is 0.368. The maximum atomic E-state index is 14.0. The Morgan fingerprint density at radius 2 is 1.93 bits per heavy atom. The first-order valence-corrected chi connectivity index (χ1v) is 9.05. The van der Waals surface area contributed by atoms with Gasteiger partial charge in [-0.1, -0.05) is 6.92 Å². The molecule has 8 heteroatoms. The van der Waals surface area contributed by atoms with Crippen LogP contribution in [0.1, 0.15) is 18.2 Å². The second kappa shape index (κ2) is 7.11. The van der Waals surface area contributed by atoms with E-state index in [-0.39, 0.29) is 5.56 Å². The molecule has 0 saturated carbocycles. The molecule has 6 nitrogen and oxygen atoms in total. The van der Waals surface area contributed by atoms with E-state index in [4.69, 9.17) is 0 Å². The molecule has 1 aromatic carbocycles. The number of hydrogen-bond donors (Lipinski definition) is 1. The molecule has 0 spiro atoms. The third-order valence-electron chi connectivity index (χ3n) is 4.98. The number of halogens is 2. The van der Waals surface area contributed by atoms with Crippen molar-refractivity contribution in [2.75, 3.05) is 31.1 Å². The van der Waals surface area contributed by atoms with Crippen LogP contribution in [0.5, 0.6) is 0 Å². The quantitative estimate of drug-likeness (QED) is 0.762.